The first-order chi connectivity index (χ1) is 7.72. The Bertz CT molecular complexity index is 351. The summed E-state index contributed by atoms with van der Waals surface area (Å²) >= 11 is 0. The minimum atomic E-state index is -0.596. The van der Waals surface area contributed by atoms with E-state index in [1.54, 1.807) is 7.11 Å². The maximum absolute atomic E-state index is 10.2. The van der Waals surface area contributed by atoms with Crippen molar-refractivity contribution < 1.29 is 14.6 Å². The quantitative estimate of drug-likeness (QED) is 0.852. The number of hydrogen-bond donors (Lipinski definition) is 1. The van der Waals surface area contributed by atoms with E-state index in [-0.39, 0.29) is 12.2 Å². The summed E-state index contributed by atoms with van der Waals surface area (Å²) in [4.78, 5) is 0. The maximum atomic E-state index is 10.2. The molecule has 3 atom stereocenters. The fraction of sp³-hybridized carbons (Fsp3) is 0.538. The molecule has 1 N–H and O–H groups in total. The van der Waals surface area contributed by atoms with Crippen molar-refractivity contribution >= 4 is 0 Å². The third-order valence-electron chi connectivity index (χ3n) is 3.07. The van der Waals surface area contributed by atoms with Gasteiger partial charge in [-0.3, -0.25) is 0 Å². The van der Waals surface area contributed by atoms with Crippen molar-refractivity contribution in [3.05, 3.63) is 29.8 Å². The number of benzene rings is 1. The number of methoxy groups -OCH3 is 1. The molecule has 88 valence electrons. The Balaban J connectivity index is 2.16. The molecule has 1 aromatic carbocycles. The van der Waals surface area contributed by atoms with Gasteiger partial charge in [-0.15, -0.1) is 0 Å². The van der Waals surface area contributed by atoms with Crippen LogP contribution in [0.4, 0.5) is 0 Å². The van der Waals surface area contributed by atoms with E-state index in [4.69, 9.17) is 9.47 Å². The van der Waals surface area contributed by atoms with Crippen LogP contribution in [-0.2, 0) is 4.74 Å². The molecule has 0 aliphatic carbocycles. The molecular weight excluding hydrogens is 204 g/mol. The number of aliphatic hydroxyl groups is 1. The number of aliphatic hydroxyl groups excluding tert-OH is 1. The van der Waals surface area contributed by atoms with Crippen LogP contribution in [0.3, 0.4) is 0 Å². The molecule has 1 aliphatic heterocycles. The van der Waals surface area contributed by atoms with Crippen molar-refractivity contribution in [3.8, 4) is 5.75 Å². The van der Waals surface area contributed by atoms with Crippen molar-refractivity contribution in [1.82, 2.24) is 0 Å². The van der Waals surface area contributed by atoms with E-state index in [9.17, 15) is 5.11 Å². The lowest BCUT2D eigenvalue weighted by molar-refractivity contribution is -0.0305. The lowest BCUT2D eigenvalue weighted by atomic mass is 10.0. The molecule has 16 heavy (non-hydrogen) atoms. The van der Waals surface area contributed by atoms with Crippen LogP contribution in [0.5, 0.6) is 5.75 Å². The smallest absolute Gasteiger partial charge is 0.124 e. The Hall–Kier alpha value is -1.06. The molecule has 0 amide bonds. The highest BCUT2D eigenvalue weighted by Gasteiger charge is 2.30. The number of ether oxygens (including phenoxy) is 2. The van der Waals surface area contributed by atoms with Crippen molar-refractivity contribution in [2.75, 3.05) is 7.11 Å². The molecule has 1 saturated heterocycles. The van der Waals surface area contributed by atoms with Gasteiger partial charge < -0.3 is 14.6 Å². The summed E-state index contributed by atoms with van der Waals surface area (Å²) in [5.74, 6) is 0.721. The third-order valence-corrected chi connectivity index (χ3v) is 3.07. The van der Waals surface area contributed by atoms with Crippen LogP contribution < -0.4 is 4.74 Å². The van der Waals surface area contributed by atoms with Crippen LogP contribution >= 0.6 is 0 Å². The van der Waals surface area contributed by atoms with Gasteiger partial charge in [0.25, 0.3) is 0 Å². The Morgan fingerprint density at radius 3 is 2.75 bits per heavy atom. The third kappa shape index (κ3) is 2.20. The number of hydrogen-bond acceptors (Lipinski definition) is 3. The molecule has 3 unspecified atom stereocenters. The van der Waals surface area contributed by atoms with Gasteiger partial charge in [-0.25, -0.2) is 0 Å². The Morgan fingerprint density at radius 2 is 2.12 bits per heavy atom. The Labute approximate surface area is 96.0 Å². The lowest BCUT2D eigenvalue weighted by Gasteiger charge is -2.20. The summed E-state index contributed by atoms with van der Waals surface area (Å²) in [5, 5.41) is 10.2. The molecule has 1 aliphatic rings. The highest BCUT2D eigenvalue weighted by atomic mass is 16.5. The van der Waals surface area contributed by atoms with Gasteiger partial charge in [-0.2, -0.15) is 0 Å². The van der Waals surface area contributed by atoms with E-state index in [1.807, 2.05) is 31.2 Å². The van der Waals surface area contributed by atoms with Crippen LogP contribution in [0.1, 0.15) is 31.4 Å². The van der Waals surface area contributed by atoms with Crippen molar-refractivity contribution in [3.63, 3.8) is 0 Å². The predicted molar refractivity (Wildman–Crippen MR) is 61.5 cm³/mol. The van der Waals surface area contributed by atoms with Gasteiger partial charge in [-0.1, -0.05) is 18.2 Å². The van der Waals surface area contributed by atoms with E-state index < -0.39 is 6.10 Å². The second-order valence-corrected chi connectivity index (χ2v) is 4.25. The summed E-state index contributed by atoms with van der Waals surface area (Å²) < 4.78 is 10.9. The fourth-order valence-corrected chi connectivity index (χ4v) is 2.18. The average molecular weight is 222 g/mol. The molecule has 1 heterocycles. The fourth-order valence-electron chi connectivity index (χ4n) is 2.18. The summed E-state index contributed by atoms with van der Waals surface area (Å²) in [6.45, 7) is 2.04. The number of rotatable bonds is 3. The topological polar surface area (TPSA) is 38.7 Å². The van der Waals surface area contributed by atoms with Crippen molar-refractivity contribution in [2.24, 2.45) is 0 Å². The molecule has 2 rings (SSSR count). The lowest BCUT2D eigenvalue weighted by Crippen LogP contribution is -2.19. The van der Waals surface area contributed by atoms with Crippen LogP contribution in [0, 0.1) is 0 Å². The van der Waals surface area contributed by atoms with Crippen LogP contribution in [-0.4, -0.2) is 24.4 Å². The van der Waals surface area contributed by atoms with Gasteiger partial charge in [0.05, 0.1) is 19.3 Å². The van der Waals surface area contributed by atoms with Gasteiger partial charge in [0.1, 0.15) is 11.9 Å². The first kappa shape index (κ1) is 11.4. The number of para-hydroxylation sites is 1. The summed E-state index contributed by atoms with van der Waals surface area (Å²) in [7, 11) is 1.61. The minimum Gasteiger partial charge on any atom is -0.496 e. The first-order valence-corrected chi connectivity index (χ1v) is 5.69. The summed E-state index contributed by atoms with van der Waals surface area (Å²) in [6.07, 6.45) is 1.46. The van der Waals surface area contributed by atoms with Gasteiger partial charge in [0, 0.05) is 5.56 Å². The Kier molecular flexibility index (Phi) is 3.46. The van der Waals surface area contributed by atoms with E-state index in [0.717, 1.165) is 24.2 Å². The molecule has 3 nitrogen and oxygen atoms in total. The molecule has 1 aromatic rings. The molecule has 3 heteroatoms. The molecule has 0 aromatic heterocycles. The van der Waals surface area contributed by atoms with Crippen LogP contribution in [0.25, 0.3) is 0 Å². The molecule has 0 radical (unpaired) electrons. The zero-order valence-electron chi connectivity index (χ0n) is 9.72. The molecule has 0 bridgehead atoms. The SMILES string of the molecule is COc1ccccc1C(O)C1CCC(C)O1. The zero-order valence-corrected chi connectivity index (χ0v) is 9.72. The predicted octanol–water partition coefficient (Wildman–Crippen LogP) is 2.30. The van der Waals surface area contributed by atoms with Gasteiger partial charge in [-0.05, 0) is 25.8 Å². The average Bonchev–Trinajstić information content (AvgIpc) is 2.75. The second-order valence-electron chi connectivity index (χ2n) is 4.25. The Morgan fingerprint density at radius 1 is 1.38 bits per heavy atom. The van der Waals surface area contributed by atoms with Crippen molar-refractivity contribution in [1.29, 1.82) is 0 Å². The van der Waals surface area contributed by atoms with Gasteiger partial charge in [0.15, 0.2) is 0 Å². The second kappa shape index (κ2) is 4.85. The first-order valence-electron chi connectivity index (χ1n) is 5.69. The van der Waals surface area contributed by atoms with Gasteiger partial charge in [0.2, 0.25) is 0 Å². The largest absolute Gasteiger partial charge is 0.496 e. The highest BCUT2D eigenvalue weighted by molar-refractivity contribution is 5.35. The maximum Gasteiger partial charge on any atom is 0.124 e. The monoisotopic (exact) mass is 222 g/mol. The van der Waals surface area contributed by atoms with E-state index in [1.165, 1.54) is 0 Å². The molecule has 0 spiro atoms. The van der Waals surface area contributed by atoms with E-state index in [0.29, 0.717) is 0 Å². The molecular formula is C13H18O3. The summed E-state index contributed by atoms with van der Waals surface area (Å²) in [6, 6.07) is 7.54. The highest BCUT2D eigenvalue weighted by Crippen LogP contribution is 2.34. The molecule has 0 saturated carbocycles. The standard InChI is InChI=1S/C13H18O3/c1-9-7-8-12(16-9)13(14)10-5-3-4-6-11(10)15-2/h3-6,9,12-14H,7-8H2,1-2H3. The zero-order chi connectivity index (χ0) is 11.5. The minimum absolute atomic E-state index is 0.105. The van der Waals surface area contributed by atoms with E-state index >= 15 is 0 Å². The van der Waals surface area contributed by atoms with E-state index in [2.05, 4.69) is 0 Å². The molecule has 1 fully saturated rings. The van der Waals surface area contributed by atoms with Crippen molar-refractivity contribution in [2.45, 2.75) is 38.1 Å². The van der Waals surface area contributed by atoms with Crippen LogP contribution in [0.15, 0.2) is 24.3 Å². The van der Waals surface area contributed by atoms with Gasteiger partial charge >= 0.3 is 0 Å². The van der Waals surface area contributed by atoms with Crippen LogP contribution in [0.2, 0.25) is 0 Å². The normalized spacial score (nSPS) is 26.7. The summed E-state index contributed by atoms with van der Waals surface area (Å²) in [5.41, 5.74) is 0.809.